The van der Waals surface area contributed by atoms with Crippen LogP contribution in [0.4, 0.5) is 14.5 Å². The molecule has 1 aromatic heterocycles. The van der Waals surface area contributed by atoms with Crippen LogP contribution in [0.3, 0.4) is 0 Å². The molecule has 0 radical (unpaired) electrons. The number of halogens is 3. The highest BCUT2D eigenvalue weighted by Gasteiger charge is 2.44. The number of hydrogen-bond donors (Lipinski definition) is 1. The van der Waals surface area contributed by atoms with Crippen LogP contribution < -0.4 is 10.1 Å². The standard InChI is InChI=1S/C18H16ClF2N3O3/c1-24-8-10(9-6-11(19)17(27-2)22-7-9)14(18(24)26)16(25)23-13-5-3-4-12(20)15(13)21/h3-7,10,14H,8H2,1-2H3,(H,23,25)/t10-,14+/m0/s1. The molecule has 142 valence electrons. The van der Waals surface area contributed by atoms with Gasteiger partial charge in [-0.25, -0.2) is 13.8 Å². The number of carbonyl (C=O) groups is 2. The van der Waals surface area contributed by atoms with E-state index in [1.807, 2.05) is 0 Å². The van der Waals surface area contributed by atoms with E-state index in [-0.39, 0.29) is 23.1 Å². The highest BCUT2D eigenvalue weighted by molar-refractivity contribution is 6.31. The van der Waals surface area contributed by atoms with E-state index in [4.69, 9.17) is 16.3 Å². The summed E-state index contributed by atoms with van der Waals surface area (Å²) in [6.07, 6.45) is 1.48. The lowest BCUT2D eigenvalue weighted by molar-refractivity contribution is -0.135. The summed E-state index contributed by atoms with van der Waals surface area (Å²) in [5.74, 6) is -4.88. The van der Waals surface area contributed by atoms with Crippen molar-refractivity contribution in [3.05, 3.63) is 52.7 Å². The minimum absolute atomic E-state index is 0.223. The number of likely N-dealkylation sites (N-methyl/N-ethyl adjacent to an activating group) is 1. The van der Waals surface area contributed by atoms with Crippen molar-refractivity contribution in [2.45, 2.75) is 5.92 Å². The molecule has 0 saturated carbocycles. The maximum atomic E-state index is 13.9. The van der Waals surface area contributed by atoms with Crippen LogP contribution in [0.25, 0.3) is 0 Å². The van der Waals surface area contributed by atoms with Crippen LogP contribution in [0.5, 0.6) is 5.88 Å². The Morgan fingerprint density at radius 1 is 1.41 bits per heavy atom. The summed E-state index contributed by atoms with van der Waals surface area (Å²) in [5, 5.41) is 2.54. The first-order valence-electron chi connectivity index (χ1n) is 8.02. The summed E-state index contributed by atoms with van der Waals surface area (Å²) in [6.45, 7) is 0.257. The van der Waals surface area contributed by atoms with E-state index < -0.39 is 35.3 Å². The lowest BCUT2D eigenvalue weighted by Crippen LogP contribution is -2.33. The predicted octanol–water partition coefficient (Wildman–Crippen LogP) is 2.83. The van der Waals surface area contributed by atoms with Gasteiger partial charge >= 0.3 is 0 Å². The number of methoxy groups -OCH3 is 1. The van der Waals surface area contributed by atoms with E-state index in [1.54, 1.807) is 13.1 Å². The third-order valence-corrected chi connectivity index (χ3v) is 4.73. The Morgan fingerprint density at radius 2 is 2.15 bits per heavy atom. The van der Waals surface area contributed by atoms with Crippen LogP contribution in [0, 0.1) is 17.6 Å². The number of carbonyl (C=O) groups excluding carboxylic acids is 2. The highest BCUT2D eigenvalue weighted by Crippen LogP contribution is 2.36. The first-order valence-corrected chi connectivity index (χ1v) is 8.40. The normalized spacial score (nSPS) is 19.3. The number of rotatable bonds is 4. The van der Waals surface area contributed by atoms with Crippen molar-refractivity contribution in [2.24, 2.45) is 5.92 Å². The predicted molar refractivity (Wildman–Crippen MR) is 94.7 cm³/mol. The van der Waals surface area contributed by atoms with Gasteiger partial charge < -0.3 is 15.0 Å². The number of anilines is 1. The zero-order chi connectivity index (χ0) is 19.7. The molecule has 27 heavy (non-hydrogen) atoms. The number of amides is 2. The van der Waals surface area contributed by atoms with Gasteiger partial charge in [0.1, 0.15) is 10.9 Å². The molecule has 1 fully saturated rings. The Kier molecular flexibility index (Phi) is 5.27. The quantitative estimate of drug-likeness (QED) is 0.808. The van der Waals surface area contributed by atoms with Gasteiger partial charge in [0, 0.05) is 25.7 Å². The summed E-state index contributed by atoms with van der Waals surface area (Å²) in [5.41, 5.74) is 0.241. The van der Waals surface area contributed by atoms with Crippen molar-refractivity contribution < 1.29 is 23.1 Å². The van der Waals surface area contributed by atoms with Crippen molar-refractivity contribution in [1.82, 2.24) is 9.88 Å². The molecular weight excluding hydrogens is 380 g/mol. The molecule has 1 aromatic carbocycles. The molecule has 1 N–H and O–H groups in total. The molecule has 2 heterocycles. The largest absolute Gasteiger partial charge is 0.480 e. The molecule has 0 aliphatic carbocycles. The van der Waals surface area contributed by atoms with Gasteiger partial charge in [0.2, 0.25) is 17.7 Å². The number of ether oxygens (including phenoxy) is 1. The van der Waals surface area contributed by atoms with Crippen molar-refractivity contribution in [3.8, 4) is 5.88 Å². The minimum Gasteiger partial charge on any atom is -0.480 e. The van der Waals surface area contributed by atoms with E-state index in [9.17, 15) is 18.4 Å². The van der Waals surface area contributed by atoms with E-state index in [0.717, 1.165) is 6.07 Å². The highest BCUT2D eigenvalue weighted by atomic mass is 35.5. The SMILES string of the molecule is COc1ncc([C@@H]2CN(C)C(=O)[C@H]2C(=O)Nc2cccc(F)c2F)cc1Cl. The van der Waals surface area contributed by atoms with Gasteiger partial charge in [-0.1, -0.05) is 17.7 Å². The van der Waals surface area contributed by atoms with Crippen molar-refractivity contribution >= 4 is 29.1 Å². The van der Waals surface area contributed by atoms with Crippen molar-refractivity contribution in [1.29, 1.82) is 0 Å². The second-order valence-electron chi connectivity index (χ2n) is 6.15. The molecule has 9 heteroatoms. The Bertz CT molecular complexity index is 909. The zero-order valence-corrected chi connectivity index (χ0v) is 15.3. The summed E-state index contributed by atoms with van der Waals surface area (Å²) in [4.78, 5) is 30.7. The number of likely N-dealkylation sites (tertiary alicyclic amines) is 1. The minimum atomic E-state index is -1.18. The van der Waals surface area contributed by atoms with Crippen LogP contribution in [-0.2, 0) is 9.59 Å². The molecule has 6 nitrogen and oxygen atoms in total. The van der Waals surface area contributed by atoms with Gasteiger partial charge in [0.25, 0.3) is 0 Å². The second-order valence-corrected chi connectivity index (χ2v) is 6.56. The first-order chi connectivity index (χ1) is 12.8. The van der Waals surface area contributed by atoms with E-state index in [1.165, 1.54) is 30.3 Å². The number of pyridine rings is 1. The molecule has 0 bridgehead atoms. The average molecular weight is 396 g/mol. The number of hydrogen-bond acceptors (Lipinski definition) is 4. The number of aromatic nitrogens is 1. The fraction of sp³-hybridized carbons (Fsp3) is 0.278. The van der Waals surface area contributed by atoms with Gasteiger partial charge in [-0.3, -0.25) is 9.59 Å². The van der Waals surface area contributed by atoms with E-state index in [2.05, 4.69) is 10.3 Å². The zero-order valence-electron chi connectivity index (χ0n) is 14.5. The lowest BCUT2D eigenvalue weighted by Gasteiger charge is -2.17. The van der Waals surface area contributed by atoms with Crippen molar-refractivity contribution in [2.75, 3.05) is 26.0 Å². The molecule has 1 aliphatic rings. The average Bonchev–Trinajstić information content (AvgIpc) is 2.94. The maximum Gasteiger partial charge on any atom is 0.237 e. The monoisotopic (exact) mass is 395 g/mol. The number of nitrogens with one attached hydrogen (secondary N) is 1. The number of benzene rings is 1. The molecule has 0 spiro atoms. The maximum absolute atomic E-state index is 13.9. The van der Waals surface area contributed by atoms with Crippen LogP contribution in [0.15, 0.2) is 30.5 Å². The van der Waals surface area contributed by atoms with E-state index in [0.29, 0.717) is 5.56 Å². The summed E-state index contributed by atoms with van der Waals surface area (Å²) < 4.78 is 32.2. The van der Waals surface area contributed by atoms with Crippen molar-refractivity contribution in [3.63, 3.8) is 0 Å². The Labute approximate surface area is 159 Å². The summed E-state index contributed by atoms with van der Waals surface area (Å²) in [6, 6.07) is 5.00. The summed E-state index contributed by atoms with van der Waals surface area (Å²) in [7, 11) is 2.98. The van der Waals surface area contributed by atoms with Gasteiger partial charge in [-0.15, -0.1) is 0 Å². The molecule has 2 aromatic rings. The van der Waals surface area contributed by atoms with Crippen LogP contribution in [-0.4, -0.2) is 42.4 Å². The fourth-order valence-electron chi connectivity index (χ4n) is 3.10. The first kappa shape index (κ1) is 19.0. The molecule has 0 unspecified atom stereocenters. The molecule has 1 saturated heterocycles. The number of nitrogens with zero attached hydrogens (tertiary/aromatic N) is 2. The van der Waals surface area contributed by atoms with Crippen LogP contribution in [0.1, 0.15) is 11.5 Å². The van der Waals surface area contributed by atoms with Crippen LogP contribution in [0.2, 0.25) is 5.02 Å². The Hall–Kier alpha value is -2.74. The molecular formula is C18H16ClF2N3O3. The second kappa shape index (κ2) is 7.48. The Morgan fingerprint density at radius 3 is 2.81 bits per heavy atom. The van der Waals surface area contributed by atoms with Gasteiger partial charge in [0.05, 0.1) is 12.8 Å². The van der Waals surface area contributed by atoms with Gasteiger partial charge in [0.15, 0.2) is 11.6 Å². The van der Waals surface area contributed by atoms with Crippen LogP contribution >= 0.6 is 11.6 Å². The molecule has 2 atom stereocenters. The molecule has 3 rings (SSSR count). The smallest absolute Gasteiger partial charge is 0.237 e. The fourth-order valence-corrected chi connectivity index (χ4v) is 3.35. The Balaban J connectivity index is 1.91. The molecule has 1 aliphatic heterocycles. The third kappa shape index (κ3) is 3.57. The lowest BCUT2D eigenvalue weighted by atomic mass is 9.88. The molecule has 2 amide bonds. The topological polar surface area (TPSA) is 71.5 Å². The van der Waals surface area contributed by atoms with E-state index >= 15 is 0 Å². The van der Waals surface area contributed by atoms with Gasteiger partial charge in [-0.05, 0) is 23.8 Å². The summed E-state index contributed by atoms with van der Waals surface area (Å²) >= 11 is 6.10. The van der Waals surface area contributed by atoms with Gasteiger partial charge in [-0.2, -0.15) is 0 Å². The third-order valence-electron chi connectivity index (χ3n) is 4.46.